The summed E-state index contributed by atoms with van der Waals surface area (Å²) in [6, 6.07) is 0.179. The van der Waals surface area contributed by atoms with Crippen molar-refractivity contribution in [3.05, 3.63) is 0 Å². The zero-order valence-corrected chi connectivity index (χ0v) is 13.5. The molecule has 0 aromatic carbocycles. The minimum atomic E-state index is -3.25. The van der Waals surface area contributed by atoms with Crippen molar-refractivity contribution in [3.8, 4) is 0 Å². The Kier molecular flexibility index (Phi) is 6.27. The number of hydrogen-bond acceptors (Lipinski definition) is 3. The normalized spacial score (nSPS) is 19.6. The Morgan fingerprint density at radius 3 is 2.05 bits per heavy atom. The van der Waals surface area contributed by atoms with Crippen molar-refractivity contribution in [1.82, 2.24) is 4.31 Å². The molecule has 0 spiro atoms. The third-order valence-corrected chi connectivity index (χ3v) is 6.54. The molecule has 0 radical (unpaired) electrons. The van der Waals surface area contributed by atoms with Crippen LogP contribution in [0.25, 0.3) is 0 Å². The van der Waals surface area contributed by atoms with Crippen LogP contribution in [0.3, 0.4) is 0 Å². The third-order valence-electron chi connectivity index (χ3n) is 3.90. The largest absolute Gasteiger partial charge is 0.330 e. The van der Waals surface area contributed by atoms with E-state index in [1.54, 1.807) is 25.1 Å². The maximum atomic E-state index is 12.8. The van der Waals surface area contributed by atoms with Crippen LogP contribution in [0, 0.1) is 0 Å². The summed E-state index contributed by atoms with van der Waals surface area (Å²) >= 11 is 0. The summed E-state index contributed by atoms with van der Waals surface area (Å²) in [6.45, 7) is 6.47. The van der Waals surface area contributed by atoms with Gasteiger partial charge in [0, 0.05) is 12.6 Å². The predicted molar refractivity (Wildman–Crippen MR) is 80.5 cm³/mol. The van der Waals surface area contributed by atoms with Crippen LogP contribution < -0.4 is 5.73 Å². The molecule has 2 N–H and O–H groups in total. The molecule has 0 bridgehead atoms. The van der Waals surface area contributed by atoms with Crippen LogP contribution in [0.1, 0.15) is 65.7 Å². The fourth-order valence-corrected chi connectivity index (χ4v) is 4.32. The van der Waals surface area contributed by atoms with E-state index in [0.717, 1.165) is 32.1 Å². The molecule has 114 valence electrons. The lowest BCUT2D eigenvalue weighted by Gasteiger charge is -2.35. The molecule has 0 amide bonds. The van der Waals surface area contributed by atoms with E-state index in [4.69, 9.17) is 5.73 Å². The fourth-order valence-electron chi connectivity index (χ4n) is 2.64. The van der Waals surface area contributed by atoms with Gasteiger partial charge in [-0.05, 0) is 46.6 Å². The molecule has 0 aliphatic heterocycles. The number of nitrogens with two attached hydrogens (primary N) is 1. The van der Waals surface area contributed by atoms with Crippen molar-refractivity contribution in [2.45, 2.75) is 76.5 Å². The van der Waals surface area contributed by atoms with Gasteiger partial charge in [-0.15, -0.1) is 0 Å². The van der Waals surface area contributed by atoms with E-state index in [0.29, 0.717) is 13.1 Å². The molecule has 1 saturated carbocycles. The van der Waals surface area contributed by atoms with E-state index in [2.05, 4.69) is 0 Å². The highest BCUT2D eigenvalue weighted by Crippen LogP contribution is 2.29. The van der Waals surface area contributed by atoms with Gasteiger partial charge in [0.1, 0.15) is 0 Å². The Labute approximate surface area is 118 Å². The molecule has 0 heterocycles. The first-order chi connectivity index (χ1) is 8.80. The molecule has 5 heteroatoms. The molecular formula is C14H30N2O2S. The zero-order chi connectivity index (χ0) is 14.5. The van der Waals surface area contributed by atoms with Crippen molar-refractivity contribution < 1.29 is 8.42 Å². The summed E-state index contributed by atoms with van der Waals surface area (Å²) in [5.74, 6) is 0. The Morgan fingerprint density at radius 1 is 1.11 bits per heavy atom. The van der Waals surface area contributed by atoms with Gasteiger partial charge in [-0.2, -0.15) is 4.31 Å². The maximum absolute atomic E-state index is 12.8. The van der Waals surface area contributed by atoms with Crippen LogP contribution >= 0.6 is 0 Å². The first-order valence-corrected chi connectivity index (χ1v) is 8.96. The lowest BCUT2D eigenvalue weighted by Crippen LogP contribution is -2.48. The third kappa shape index (κ3) is 4.43. The van der Waals surface area contributed by atoms with Gasteiger partial charge in [0.15, 0.2) is 0 Å². The monoisotopic (exact) mass is 290 g/mol. The second kappa shape index (κ2) is 7.04. The average molecular weight is 290 g/mol. The lowest BCUT2D eigenvalue weighted by atomic mass is 10.1. The minimum absolute atomic E-state index is 0.179. The highest BCUT2D eigenvalue weighted by molar-refractivity contribution is 7.90. The van der Waals surface area contributed by atoms with Crippen LogP contribution in [0.5, 0.6) is 0 Å². The number of rotatable bonds is 5. The smallest absolute Gasteiger partial charge is 0.219 e. The maximum Gasteiger partial charge on any atom is 0.219 e. The minimum Gasteiger partial charge on any atom is -0.330 e. The van der Waals surface area contributed by atoms with Crippen molar-refractivity contribution in [1.29, 1.82) is 0 Å². The lowest BCUT2D eigenvalue weighted by molar-refractivity contribution is 0.283. The molecule has 19 heavy (non-hydrogen) atoms. The van der Waals surface area contributed by atoms with E-state index in [9.17, 15) is 8.42 Å². The summed E-state index contributed by atoms with van der Waals surface area (Å²) in [6.07, 6.45) is 7.49. The molecule has 0 unspecified atom stereocenters. The molecule has 1 fully saturated rings. The van der Waals surface area contributed by atoms with Gasteiger partial charge in [-0.1, -0.05) is 25.7 Å². The number of nitrogens with zero attached hydrogens (tertiary/aromatic N) is 1. The van der Waals surface area contributed by atoms with Crippen LogP contribution in [0.15, 0.2) is 0 Å². The van der Waals surface area contributed by atoms with Crippen LogP contribution in [-0.2, 0) is 10.0 Å². The van der Waals surface area contributed by atoms with Gasteiger partial charge in [0.2, 0.25) is 10.0 Å². The summed E-state index contributed by atoms with van der Waals surface area (Å²) in [7, 11) is -3.25. The van der Waals surface area contributed by atoms with Crippen LogP contribution in [0.4, 0.5) is 0 Å². The predicted octanol–water partition coefficient (Wildman–Crippen LogP) is 2.49. The number of hydrogen-bond donors (Lipinski definition) is 1. The Morgan fingerprint density at radius 2 is 1.63 bits per heavy atom. The van der Waals surface area contributed by atoms with Gasteiger partial charge in [0.05, 0.1) is 4.75 Å². The quantitative estimate of drug-likeness (QED) is 0.791. The molecule has 1 aliphatic rings. The zero-order valence-electron chi connectivity index (χ0n) is 12.7. The first kappa shape index (κ1) is 16.9. The number of sulfonamides is 1. The molecule has 0 aromatic rings. The summed E-state index contributed by atoms with van der Waals surface area (Å²) in [4.78, 5) is 0. The summed E-state index contributed by atoms with van der Waals surface area (Å²) < 4.78 is 26.5. The summed E-state index contributed by atoms with van der Waals surface area (Å²) in [5, 5.41) is 0. The molecule has 0 saturated heterocycles. The van der Waals surface area contributed by atoms with Gasteiger partial charge in [-0.3, -0.25) is 0 Å². The second-order valence-corrected chi connectivity index (χ2v) is 9.16. The second-order valence-electron chi connectivity index (χ2n) is 6.52. The Balaban J connectivity index is 2.93. The van der Waals surface area contributed by atoms with Crippen molar-refractivity contribution in [2.75, 3.05) is 13.1 Å². The molecule has 0 aromatic heterocycles. The van der Waals surface area contributed by atoms with E-state index in [-0.39, 0.29) is 6.04 Å². The summed E-state index contributed by atoms with van der Waals surface area (Å²) in [5.41, 5.74) is 5.57. The van der Waals surface area contributed by atoms with Gasteiger partial charge in [-0.25, -0.2) is 8.42 Å². The van der Waals surface area contributed by atoms with Gasteiger partial charge in [0.25, 0.3) is 0 Å². The fraction of sp³-hybridized carbons (Fsp3) is 1.00. The highest BCUT2D eigenvalue weighted by atomic mass is 32.2. The average Bonchev–Trinajstić information content (AvgIpc) is 2.56. The topological polar surface area (TPSA) is 63.4 Å². The van der Waals surface area contributed by atoms with Gasteiger partial charge < -0.3 is 5.73 Å². The first-order valence-electron chi connectivity index (χ1n) is 7.52. The highest BCUT2D eigenvalue weighted by Gasteiger charge is 2.38. The van der Waals surface area contributed by atoms with E-state index in [1.807, 2.05) is 0 Å². The van der Waals surface area contributed by atoms with Crippen LogP contribution in [0.2, 0.25) is 0 Å². The Bertz CT molecular complexity index is 352. The van der Waals surface area contributed by atoms with Gasteiger partial charge >= 0.3 is 0 Å². The van der Waals surface area contributed by atoms with E-state index >= 15 is 0 Å². The van der Waals surface area contributed by atoms with Crippen molar-refractivity contribution in [2.24, 2.45) is 5.73 Å². The van der Waals surface area contributed by atoms with E-state index < -0.39 is 14.8 Å². The molecule has 0 atom stereocenters. The van der Waals surface area contributed by atoms with Crippen molar-refractivity contribution in [3.63, 3.8) is 0 Å². The van der Waals surface area contributed by atoms with Crippen LogP contribution in [-0.4, -0.2) is 36.6 Å². The molecule has 4 nitrogen and oxygen atoms in total. The molecular weight excluding hydrogens is 260 g/mol. The van der Waals surface area contributed by atoms with E-state index in [1.165, 1.54) is 12.8 Å². The molecule has 1 rings (SSSR count). The Hall–Kier alpha value is -0.130. The standard InChI is InChI=1S/C14H30N2O2S/c1-14(2,3)19(17,18)16(12-8-11-15)13-9-6-4-5-7-10-13/h13H,4-12,15H2,1-3H3. The SMILES string of the molecule is CC(C)(C)S(=O)(=O)N(CCCN)C1CCCCCC1. The molecule has 1 aliphatic carbocycles. The van der Waals surface area contributed by atoms with Crippen molar-refractivity contribution >= 4 is 10.0 Å².